The van der Waals surface area contributed by atoms with Crippen LogP contribution in [0.15, 0.2) is 0 Å². The average Bonchev–Trinajstić information content (AvgIpc) is 2.35. The maximum atomic E-state index is 2.57. The Morgan fingerprint density at radius 2 is 1.50 bits per heavy atom. The highest BCUT2D eigenvalue weighted by Crippen LogP contribution is 2.58. The second-order valence-electron chi connectivity index (χ2n) is 8.40. The molecule has 6 unspecified atom stereocenters. The summed E-state index contributed by atoms with van der Waals surface area (Å²) >= 11 is 0. The largest absolute Gasteiger partial charge is 0.106 e. The van der Waals surface area contributed by atoms with E-state index >= 15 is 0 Å². The van der Waals surface area contributed by atoms with Crippen LogP contribution in [0.1, 0.15) is 34.6 Å². The quantitative estimate of drug-likeness (QED) is 0.551. The van der Waals surface area contributed by atoms with Gasteiger partial charge in [-0.3, -0.25) is 0 Å². The second-order valence-corrected chi connectivity index (χ2v) is 8.40. The van der Waals surface area contributed by atoms with Crippen molar-refractivity contribution < 1.29 is 0 Å². The monoisotopic (exact) mass is 266 g/mol. The topological polar surface area (TPSA) is 0 Å². The molecule has 1 aliphatic carbocycles. The summed E-state index contributed by atoms with van der Waals surface area (Å²) in [5, 5.41) is 0. The van der Waals surface area contributed by atoms with Gasteiger partial charge in [0.15, 0.2) is 0 Å². The van der Waals surface area contributed by atoms with Crippen LogP contribution >= 0.6 is 0 Å². The van der Waals surface area contributed by atoms with Crippen LogP contribution in [0.3, 0.4) is 0 Å². The van der Waals surface area contributed by atoms with Crippen LogP contribution in [0.2, 0.25) is 17.5 Å². The van der Waals surface area contributed by atoms with Gasteiger partial charge in [0.25, 0.3) is 0 Å². The molecule has 106 valence electrons. The van der Waals surface area contributed by atoms with Gasteiger partial charge in [0.05, 0.1) is 36.9 Å². The van der Waals surface area contributed by atoms with Gasteiger partial charge in [0, 0.05) is 7.06 Å². The van der Waals surface area contributed by atoms with E-state index in [4.69, 9.17) is 0 Å². The third kappa shape index (κ3) is 3.44. The van der Waals surface area contributed by atoms with Gasteiger partial charge < -0.3 is 0 Å². The zero-order chi connectivity index (χ0) is 15.6. The van der Waals surface area contributed by atoms with Crippen LogP contribution < -0.4 is 0 Å². The molecule has 7 heteroatoms. The van der Waals surface area contributed by atoms with Gasteiger partial charge in [-0.2, -0.15) is 0 Å². The van der Waals surface area contributed by atoms with Crippen molar-refractivity contribution in [3.63, 3.8) is 0 Å². The van der Waals surface area contributed by atoms with Crippen molar-refractivity contribution in [3.05, 3.63) is 0 Å². The fourth-order valence-electron chi connectivity index (χ4n) is 6.10. The minimum atomic E-state index is 0.825. The van der Waals surface area contributed by atoms with Gasteiger partial charge in [-0.25, -0.2) is 0 Å². The van der Waals surface area contributed by atoms with Crippen molar-refractivity contribution in [1.29, 1.82) is 0 Å². The first kappa shape index (κ1) is 18.5. The van der Waals surface area contributed by atoms with E-state index < -0.39 is 0 Å². The molecule has 1 aliphatic rings. The van der Waals surface area contributed by atoms with Crippen molar-refractivity contribution in [2.75, 3.05) is 0 Å². The van der Waals surface area contributed by atoms with Crippen molar-refractivity contribution >= 4 is 51.8 Å². The van der Waals surface area contributed by atoms with E-state index in [0.29, 0.717) is 0 Å². The third-order valence-electron chi connectivity index (χ3n) is 6.73. The molecule has 0 aromatic heterocycles. The molecular weight excluding hydrogens is 232 g/mol. The fraction of sp³-hybridized carbons (Fsp3) is 1.00. The molecule has 0 amide bonds. The lowest BCUT2D eigenvalue weighted by Gasteiger charge is -2.55. The molecule has 0 aliphatic heterocycles. The van der Waals surface area contributed by atoms with E-state index in [-0.39, 0.29) is 0 Å². The molecule has 0 radical (unpaired) electrons. The minimum absolute atomic E-state index is 0.825. The van der Waals surface area contributed by atoms with E-state index in [2.05, 4.69) is 65.7 Å². The zero-order valence-corrected chi connectivity index (χ0v) is 15.6. The van der Waals surface area contributed by atoms with Crippen LogP contribution in [0.25, 0.3) is 0 Å². The van der Waals surface area contributed by atoms with Crippen molar-refractivity contribution in [2.24, 2.45) is 29.6 Å². The summed E-state index contributed by atoms with van der Waals surface area (Å²) < 4.78 is 0. The molecule has 0 spiro atoms. The van der Waals surface area contributed by atoms with Crippen LogP contribution in [0.5, 0.6) is 0 Å². The summed E-state index contributed by atoms with van der Waals surface area (Å²) in [5.41, 5.74) is 0. The van der Waals surface area contributed by atoms with E-state index in [1.165, 1.54) is 14.2 Å². The number of hydrogen-bond acceptors (Lipinski definition) is 0. The molecule has 0 aromatic rings. The van der Waals surface area contributed by atoms with Crippen LogP contribution in [-0.4, -0.2) is 51.8 Å². The highest BCUT2D eigenvalue weighted by atomic mass is 14.5. The van der Waals surface area contributed by atoms with Gasteiger partial charge >= 0.3 is 0 Å². The van der Waals surface area contributed by atoms with E-state index in [1.807, 2.05) is 0 Å². The molecular formula is C13H33B7. The Bertz CT molecular complexity index is 296. The lowest BCUT2D eigenvalue weighted by atomic mass is 8.98. The van der Waals surface area contributed by atoms with E-state index in [1.54, 1.807) is 0 Å². The molecule has 0 bridgehead atoms. The molecule has 0 aromatic carbocycles. The van der Waals surface area contributed by atoms with E-state index in [9.17, 15) is 0 Å². The third-order valence-corrected chi connectivity index (χ3v) is 6.73. The molecule has 1 rings (SSSR count). The molecule has 0 nitrogen and oxygen atoms in total. The predicted octanol–water partition coefficient (Wildman–Crippen LogP) is -1.15. The molecule has 0 heterocycles. The Morgan fingerprint density at radius 1 is 1.00 bits per heavy atom. The highest BCUT2D eigenvalue weighted by molar-refractivity contribution is 7.47. The van der Waals surface area contributed by atoms with Gasteiger partial charge in [0.2, 0.25) is 0 Å². The maximum Gasteiger partial charge on any atom is 0.106 e. The Kier molecular flexibility index (Phi) is 7.07. The lowest BCUT2D eigenvalue weighted by molar-refractivity contribution is 0.124. The first-order valence-electron chi connectivity index (χ1n) is 9.27. The smallest absolute Gasteiger partial charge is 0.0793 e. The van der Waals surface area contributed by atoms with Crippen molar-refractivity contribution in [2.45, 2.75) is 52.1 Å². The summed E-state index contributed by atoms with van der Waals surface area (Å²) in [7, 11) is 12.6. The fourth-order valence-corrected chi connectivity index (χ4v) is 6.10. The van der Waals surface area contributed by atoms with Crippen molar-refractivity contribution in [1.82, 2.24) is 0 Å². The summed E-state index contributed by atoms with van der Waals surface area (Å²) in [6.07, 6.45) is 0. The summed E-state index contributed by atoms with van der Waals surface area (Å²) in [5.74, 6) is 7.12. The van der Waals surface area contributed by atoms with Gasteiger partial charge in [-0.15, -0.1) is 0 Å². The van der Waals surface area contributed by atoms with Gasteiger partial charge in [-0.05, 0) is 29.6 Å². The highest BCUT2D eigenvalue weighted by Gasteiger charge is 2.48. The molecule has 6 atom stereocenters. The SMILES string of the molecule is BBB(B)C1C(C)C(C(C)C)C(B)C(C(C)C)C1BB. The lowest BCUT2D eigenvalue weighted by Crippen LogP contribution is -2.50. The van der Waals surface area contributed by atoms with Gasteiger partial charge in [0.1, 0.15) is 7.85 Å². The Balaban J connectivity index is 3.19. The predicted molar refractivity (Wildman–Crippen MR) is 111 cm³/mol. The average molecular weight is 265 g/mol. The first-order valence-corrected chi connectivity index (χ1v) is 9.27. The molecule has 1 saturated carbocycles. The molecule has 0 saturated heterocycles. The Labute approximate surface area is 133 Å². The zero-order valence-electron chi connectivity index (χ0n) is 15.6. The summed E-state index contributed by atoms with van der Waals surface area (Å²) in [6, 6.07) is 0. The summed E-state index contributed by atoms with van der Waals surface area (Å²) in [4.78, 5) is 0. The first-order chi connectivity index (χ1) is 9.27. The standard InChI is InChI=1S/C13H33B7/c1-6(2)9-8(5)13(20(17)19-16)12(18-15)10(7(3)4)11(9)14/h6-13,18-19H,14-17H2,1-5H3. The molecule has 1 fully saturated rings. The molecule has 0 N–H and O–H groups in total. The Morgan fingerprint density at radius 3 is 1.85 bits per heavy atom. The van der Waals surface area contributed by atoms with Crippen molar-refractivity contribution in [3.8, 4) is 0 Å². The second kappa shape index (κ2) is 7.64. The molecule has 20 heavy (non-hydrogen) atoms. The number of hydrogen-bond donors (Lipinski definition) is 0. The van der Waals surface area contributed by atoms with Crippen LogP contribution in [0, 0.1) is 29.6 Å². The number of rotatable bonds is 5. The van der Waals surface area contributed by atoms with E-state index in [0.717, 1.165) is 53.5 Å². The summed E-state index contributed by atoms with van der Waals surface area (Å²) in [6.45, 7) is 13.3. The van der Waals surface area contributed by atoms with Crippen LogP contribution in [-0.2, 0) is 0 Å². The normalized spacial score (nSPS) is 38.0. The maximum absolute atomic E-state index is 2.57. The Hall–Kier alpha value is 0.455. The van der Waals surface area contributed by atoms with Gasteiger partial charge in [-0.1, -0.05) is 52.1 Å². The van der Waals surface area contributed by atoms with Crippen LogP contribution in [0.4, 0.5) is 0 Å². The minimum Gasteiger partial charge on any atom is -0.0793 e.